The number of Topliss-reactive ketones (excluding diaryl/α,β-unsaturated/α-hetero) is 1. The van der Waals surface area contributed by atoms with Crippen LogP contribution in [0.3, 0.4) is 0 Å². The number of carbonyl (C=O) groups is 2. The maximum atomic E-state index is 14.1. The molecular formula is C26H16O11. The van der Waals surface area contributed by atoms with Gasteiger partial charge in [-0.05, 0) is 37.1 Å². The minimum absolute atomic E-state index is 0.0430. The first-order chi connectivity index (χ1) is 17.4. The van der Waals surface area contributed by atoms with Gasteiger partial charge < -0.3 is 34.3 Å². The van der Waals surface area contributed by atoms with Gasteiger partial charge in [-0.1, -0.05) is 0 Å². The van der Waals surface area contributed by atoms with E-state index in [-0.39, 0.29) is 49.7 Å². The molecule has 0 fully saturated rings. The van der Waals surface area contributed by atoms with Crippen LogP contribution < -0.4 is 15.6 Å². The number of benzene rings is 3. The standard InChI is InChI=1S/C26H16O11/c1-7-3-10(28)15-18-12(7)11(29)5-26(34)25(18,6-35-22(15)31)19-20(30)17-16-13(21(19)37-26)8(2)4-9(27)14(16)23(32)36-24(17)33/h3-4,28,32-34H,5-6H2,1-2H3. The zero-order chi connectivity index (χ0) is 26.3. The number of ketones is 1. The Morgan fingerprint density at radius 3 is 2.27 bits per heavy atom. The van der Waals surface area contributed by atoms with Gasteiger partial charge in [0.05, 0.1) is 12.0 Å². The second kappa shape index (κ2) is 6.19. The van der Waals surface area contributed by atoms with E-state index < -0.39 is 69.9 Å². The quantitative estimate of drug-likeness (QED) is 0.255. The molecule has 0 saturated heterocycles. The van der Waals surface area contributed by atoms with Gasteiger partial charge in [0.1, 0.15) is 39.9 Å². The SMILES string of the molecule is Cc1cc(O)c2c3c1C(=O)CC1(O)Oc4c(c(=O)c5c(O)oc(O)c6c(=O)cc(C)c4c65)C31COC2=O. The molecule has 2 atom stereocenters. The molecule has 2 unspecified atom stereocenters. The number of phenolic OH excluding ortho intramolecular Hbond substituents is 1. The van der Waals surface area contributed by atoms with E-state index in [9.17, 15) is 39.6 Å². The Morgan fingerprint density at radius 2 is 1.54 bits per heavy atom. The van der Waals surface area contributed by atoms with Crippen LogP contribution in [0.15, 0.2) is 26.1 Å². The van der Waals surface area contributed by atoms with Crippen LogP contribution in [0.1, 0.15) is 49.4 Å². The summed E-state index contributed by atoms with van der Waals surface area (Å²) in [5, 5.41) is 42.7. The van der Waals surface area contributed by atoms with Gasteiger partial charge in [-0.25, -0.2) is 4.79 Å². The number of aliphatic hydroxyl groups is 1. The molecule has 4 N–H and O–H groups in total. The fourth-order valence-electron chi connectivity index (χ4n) is 6.46. The molecule has 3 heterocycles. The number of hydrogen-bond acceptors (Lipinski definition) is 11. The number of esters is 1. The van der Waals surface area contributed by atoms with Crippen LogP contribution in [0, 0.1) is 13.8 Å². The third kappa shape index (κ3) is 2.14. The van der Waals surface area contributed by atoms with E-state index in [1.54, 1.807) is 6.92 Å². The molecule has 0 bridgehead atoms. The summed E-state index contributed by atoms with van der Waals surface area (Å²) in [4.78, 5) is 53.0. The number of cyclic esters (lactones) is 1. The van der Waals surface area contributed by atoms with E-state index in [1.165, 1.54) is 19.1 Å². The maximum absolute atomic E-state index is 14.1. The van der Waals surface area contributed by atoms with Gasteiger partial charge in [-0.3, -0.25) is 14.4 Å². The highest BCUT2D eigenvalue weighted by molar-refractivity contribution is 6.17. The van der Waals surface area contributed by atoms with Crippen molar-refractivity contribution in [2.45, 2.75) is 31.5 Å². The van der Waals surface area contributed by atoms with E-state index in [0.29, 0.717) is 5.56 Å². The lowest BCUT2D eigenvalue weighted by Gasteiger charge is -2.46. The zero-order valence-electron chi connectivity index (χ0n) is 19.2. The predicted octanol–water partition coefficient (Wildman–Crippen LogP) is 1.60. The Bertz CT molecular complexity index is 1910. The molecule has 0 amide bonds. The topological polar surface area (TPSA) is 181 Å². The molecule has 3 aromatic carbocycles. The normalized spacial score (nSPS) is 23.5. The number of aromatic hydroxyl groups is 3. The Balaban J connectivity index is 1.79. The number of phenols is 1. The molecule has 0 saturated carbocycles. The van der Waals surface area contributed by atoms with Crippen molar-refractivity contribution >= 4 is 33.3 Å². The molecule has 1 spiro atoms. The Labute approximate surface area is 205 Å². The van der Waals surface area contributed by atoms with Crippen LogP contribution in [0.4, 0.5) is 0 Å². The zero-order valence-corrected chi connectivity index (χ0v) is 19.2. The van der Waals surface area contributed by atoms with Gasteiger partial charge in [0, 0.05) is 21.9 Å². The summed E-state index contributed by atoms with van der Waals surface area (Å²) in [6.45, 7) is 2.46. The molecule has 4 aromatic rings. The lowest BCUT2D eigenvalue weighted by Crippen LogP contribution is -2.62. The third-order valence-corrected chi connectivity index (χ3v) is 7.87. The van der Waals surface area contributed by atoms with Crippen LogP contribution in [0.5, 0.6) is 23.4 Å². The molecule has 37 heavy (non-hydrogen) atoms. The smallest absolute Gasteiger partial charge is 0.342 e. The molecule has 0 radical (unpaired) electrons. The predicted molar refractivity (Wildman–Crippen MR) is 124 cm³/mol. The third-order valence-electron chi connectivity index (χ3n) is 7.87. The summed E-state index contributed by atoms with van der Waals surface area (Å²) in [5.41, 5.74) is -3.67. The first kappa shape index (κ1) is 21.6. The molecular weight excluding hydrogens is 488 g/mol. The highest BCUT2D eigenvalue weighted by Crippen LogP contribution is 2.61. The van der Waals surface area contributed by atoms with Gasteiger partial charge in [-0.15, -0.1) is 0 Å². The first-order valence-electron chi connectivity index (χ1n) is 11.2. The second-order valence-electron chi connectivity index (χ2n) is 9.74. The molecule has 186 valence electrons. The minimum Gasteiger partial charge on any atom is -0.507 e. The van der Waals surface area contributed by atoms with Crippen LogP contribution in [-0.2, 0) is 10.2 Å². The van der Waals surface area contributed by atoms with Gasteiger partial charge in [0.2, 0.25) is 11.2 Å². The van der Waals surface area contributed by atoms with Crippen molar-refractivity contribution in [1.29, 1.82) is 0 Å². The molecule has 7 rings (SSSR count). The molecule has 1 aliphatic carbocycles. The summed E-state index contributed by atoms with van der Waals surface area (Å²) >= 11 is 0. The van der Waals surface area contributed by atoms with Crippen molar-refractivity contribution < 1.29 is 43.9 Å². The minimum atomic E-state index is -2.43. The number of hydrogen-bond donors (Lipinski definition) is 4. The van der Waals surface area contributed by atoms with Crippen molar-refractivity contribution in [2.75, 3.05) is 6.61 Å². The number of fused-ring (bicyclic) bond motifs is 2. The molecule has 3 aliphatic rings. The van der Waals surface area contributed by atoms with Gasteiger partial charge in [0.15, 0.2) is 11.2 Å². The van der Waals surface area contributed by atoms with E-state index in [4.69, 9.17) is 13.9 Å². The van der Waals surface area contributed by atoms with Crippen LogP contribution in [-0.4, -0.2) is 44.6 Å². The fourth-order valence-corrected chi connectivity index (χ4v) is 6.46. The van der Waals surface area contributed by atoms with Crippen molar-refractivity contribution in [1.82, 2.24) is 0 Å². The summed E-state index contributed by atoms with van der Waals surface area (Å²) in [7, 11) is 0. The van der Waals surface area contributed by atoms with Gasteiger partial charge in [0.25, 0.3) is 11.9 Å². The monoisotopic (exact) mass is 504 g/mol. The molecule has 11 nitrogen and oxygen atoms in total. The Morgan fingerprint density at radius 1 is 0.838 bits per heavy atom. The summed E-state index contributed by atoms with van der Waals surface area (Å²) in [5.74, 6) is -6.57. The maximum Gasteiger partial charge on any atom is 0.342 e. The van der Waals surface area contributed by atoms with Gasteiger partial charge >= 0.3 is 5.97 Å². The van der Waals surface area contributed by atoms with E-state index in [0.717, 1.165) is 0 Å². The molecule has 2 aliphatic heterocycles. The summed E-state index contributed by atoms with van der Waals surface area (Å²) in [6, 6.07) is 2.40. The number of carbonyl (C=O) groups excluding carboxylic acids is 2. The lowest BCUT2D eigenvalue weighted by molar-refractivity contribution is -0.173. The first-order valence-corrected chi connectivity index (χ1v) is 11.2. The van der Waals surface area contributed by atoms with Crippen molar-refractivity contribution in [3.8, 4) is 23.4 Å². The van der Waals surface area contributed by atoms with Crippen LogP contribution >= 0.6 is 0 Å². The largest absolute Gasteiger partial charge is 0.507 e. The summed E-state index contributed by atoms with van der Waals surface area (Å²) in [6.07, 6.45) is -0.622. The highest BCUT2D eigenvalue weighted by Gasteiger charge is 2.70. The number of aryl methyl sites for hydroxylation is 2. The van der Waals surface area contributed by atoms with E-state index >= 15 is 0 Å². The van der Waals surface area contributed by atoms with Crippen molar-refractivity contribution in [2.24, 2.45) is 0 Å². The van der Waals surface area contributed by atoms with E-state index in [1.807, 2.05) is 0 Å². The average molecular weight is 504 g/mol. The number of ether oxygens (including phenoxy) is 2. The van der Waals surface area contributed by atoms with Gasteiger partial charge in [-0.2, -0.15) is 0 Å². The van der Waals surface area contributed by atoms with E-state index in [2.05, 4.69) is 0 Å². The Kier molecular flexibility index (Phi) is 3.62. The van der Waals surface area contributed by atoms with Crippen LogP contribution in [0.2, 0.25) is 0 Å². The van der Waals surface area contributed by atoms with Crippen LogP contribution in [0.25, 0.3) is 21.5 Å². The van der Waals surface area contributed by atoms with Crippen molar-refractivity contribution in [3.63, 3.8) is 0 Å². The molecule has 11 heteroatoms. The number of rotatable bonds is 0. The summed E-state index contributed by atoms with van der Waals surface area (Å²) < 4.78 is 16.3. The fraction of sp³-hybridized carbons (Fsp3) is 0.231. The second-order valence-corrected chi connectivity index (χ2v) is 9.74. The lowest BCUT2D eigenvalue weighted by atomic mass is 9.60. The van der Waals surface area contributed by atoms with Crippen molar-refractivity contribution in [3.05, 3.63) is 66.0 Å². The average Bonchev–Trinajstić information content (AvgIpc) is 3.04. The Hall–Kier alpha value is -4.64. The molecule has 1 aromatic heterocycles. The highest BCUT2D eigenvalue weighted by atomic mass is 16.6.